The fourth-order valence-corrected chi connectivity index (χ4v) is 2.35. The number of nitrogens with two attached hydrogens (primary N) is 1. The Labute approximate surface area is 140 Å². The number of hydrogen-bond acceptors (Lipinski definition) is 4. The topological polar surface area (TPSA) is 85.8 Å². The second kappa shape index (κ2) is 6.54. The van der Waals surface area contributed by atoms with Crippen molar-refractivity contribution in [1.82, 2.24) is 15.0 Å². The number of aromatic nitrogens is 3. The van der Waals surface area contributed by atoms with E-state index in [2.05, 4.69) is 29.5 Å². The van der Waals surface area contributed by atoms with Crippen LogP contribution in [0.3, 0.4) is 0 Å². The van der Waals surface area contributed by atoms with Crippen LogP contribution in [-0.4, -0.2) is 20.9 Å². The molecule has 0 atom stereocenters. The third-order valence-corrected chi connectivity index (χ3v) is 3.76. The maximum absolute atomic E-state index is 12.3. The largest absolute Gasteiger partial charge is 0.382 e. The SMILES string of the molecule is CC(C)c1ccc(-n2nnc(C(=O)Nc3ccccc3)c2N)cc1. The molecule has 1 amide bonds. The van der Waals surface area contributed by atoms with Crippen LogP contribution in [0.25, 0.3) is 5.69 Å². The smallest absolute Gasteiger partial charge is 0.280 e. The molecule has 0 unspecified atom stereocenters. The number of hydrogen-bond donors (Lipinski definition) is 2. The zero-order valence-electron chi connectivity index (χ0n) is 13.6. The molecule has 6 nitrogen and oxygen atoms in total. The molecular weight excluding hydrogens is 302 g/mol. The molecule has 3 rings (SSSR count). The van der Waals surface area contributed by atoms with Gasteiger partial charge in [-0.15, -0.1) is 5.10 Å². The van der Waals surface area contributed by atoms with Gasteiger partial charge in [0.1, 0.15) is 0 Å². The zero-order valence-corrected chi connectivity index (χ0v) is 13.6. The molecule has 0 aliphatic rings. The van der Waals surface area contributed by atoms with Gasteiger partial charge in [-0.1, -0.05) is 49.4 Å². The third kappa shape index (κ3) is 3.12. The minimum atomic E-state index is -0.385. The summed E-state index contributed by atoms with van der Waals surface area (Å²) in [6.07, 6.45) is 0. The van der Waals surface area contributed by atoms with Crippen molar-refractivity contribution in [3.63, 3.8) is 0 Å². The lowest BCUT2D eigenvalue weighted by molar-refractivity contribution is 0.102. The first-order valence-electron chi connectivity index (χ1n) is 7.74. The van der Waals surface area contributed by atoms with Crippen molar-refractivity contribution in [3.05, 3.63) is 65.9 Å². The van der Waals surface area contributed by atoms with Gasteiger partial charge in [-0.2, -0.15) is 4.68 Å². The van der Waals surface area contributed by atoms with E-state index in [0.717, 1.165) is 5.69 Å². The van der Waals surface area contributed by atoms with Crippen molar-refractivity contribution in [2.45, 2.75) is 19.8 Å². The third-order valence-electron chi connectivity index (χ3n) is 3.76. The van der Waals surface area contributed by atoms with Gasteiger partial charge in [0.25, 0.3) is 5.91 Å². The van der Waals surface area contributed by atoms with Crippen LogP contribution >= 0.6 is 0 Å². The number of carbonyl (C=O) groups excluding carboxylic acids is 1. The van der Waals surface area contributed by atoms with Crippen LogP contribution in [0.5, 0.6) is 0 Å². The molecule has 3 aromatic rings. The molecule has 1 aromatic heterocycles. The second-order valence-electron chi connectivity index (χ2n) is 5.80. The Kier molecular flexibility index (Phi) is 4.29. The van der Waals surface area contributed by atoms with Crippen molar-refractivity contribution in [2.24, 2.45) is 0 Å². The summed E-state index contributed by atoms with van der Waals surface area (Å²) in [5.74, 6) is 0.267. The molecule has 3 N–H and O–H groups in total. The van der Waals surface area contributed by atoms with Crippen LogP contribution in [-0.2, 0) is 0 Å². The van der Waals surface area contributed by atoms with E-state index in [-0.39, 0.29) is 17.4 Å². The highest BCUT2D eigenvalue weighted by atomic mass is 16.2. The standard InChI is InChI=1S/C18H19N5O/c1-12(2)13-8-10-15(11-9-13)23-17(19)16(21-22-23)18(24)20-14-6-4-3-5-7-14/h3-12H,19H2,1-2H3,(H,20,24). The zero-order chi connectivity index (χ0) is 17.1. The van der Waals surface area contributed by atoms with Crippen molar-refractivity contribution < 1.29 is 4.79 Å². The van der Waals surface area contributed by atoms with Gasteiger partial charge < -0.3 is 11.1 Å². The summed E-state index contributed by atoms with van der Waals surface area (Å²) in [4.78, 5) is 12.3. The van der Waals surface area contributed by atoms with Gasteiger partial charge in [0.15, 0.2) is 11.5 Å². The molecule has 2 aromatic carbocycles. The van der Waals surface area contributed by atoms with Gasteiger partial charge >= 0.3 is 0 Å². The number of benzene rings is 2. The van der Waals surface area contributed by atoms with Crippen LogP contribution in [0, 0.1) is 0 Å². The number of para-hydroxylation sites is 1. The quantitative estimate of drug-likeness (QED) is 0.772. The summed E-state index contributed by atoms with van der Waals surface area (Å²) in [5.41, 5.74) is 8.84. The molecule has 0 bridgehead atoms. The molecule has 6 heteroatoms. The molecule has 122 valence electrons. The van der Waals surface area contributed by atoms with Gasteiger partial charge in [0.05, 0.1) is 5.69 Å². The molecule has 0 saturated carbocycles. The predicted molar refractivity (Wildman–Crippen MR) is 94.3 cm³/mol. The molecule has 0 aliphatic carbocycles. The van der Waals surface area contributed by atoms with Crippen LogP contribution in [0.1, 0.15) is 35.8 Å². The summed E-state index contributed by atoms with van der Waals surface area (Å²) >= 11 is 0. The van der Waals surface area contributed by atoms with Gasteiger partial charge in [0.2, 0.25) is 0 Å². The number of anilines is 2. The van der Waals surface area contributed by atoms with Crippen molar-refractivity contribution in [2.75, 3.05) is 11.1 Å². The lowest BCUT2D eigenvalue weighted by Crippen LogP contribution is -2.15. The fourth-order valence-electron chi connectivity index (χ4n) is 2.35. The average molecular weight is 321 g/mol. The lowest BCUT2D eigenvalue weighted by Gasteiger charge is -2.08. The van der Waals surface area contributed by atoms with Crippen molar-refractivity contribution >= 4 is 17.4 Å². The number of amides is 1. The minimum absolute atomic E-state index is 0.104. The Balaban J connectivity index is 1.84. The molecule has 1 heterocycles. The fraction of sp³-hybridized carbons (Fsp3) is 0.167. The number of nitrogen functional groups attached to an aromatic ring is 1. The van der Waals surface area contributed by atoms with Gasteiger partial charge in [-0.05, 0) is 35.7 Å². The molecule has 24 heavy (non-hydrogen) atoms. The molecule has 0 fully saturated rings. The molecule has 0 aliphatic heterocycles. The van der Waals surface area contributed by atoms with Gasteiger partial charge in [-0.3, -0.25) is 4.79 Å². The maximum Gasteiger partial charge on any atom is 0.280 e. The number of rotatable bonds is 4. The number of nitrogens with zero attached hydrogens (tertiary/aromatic N) is 3. The Bertz CT molecular complexity index is 838. The van der Waals surface area contributed by atoms with E-state index in [9.17, 15) is 4.79 Å². The summed E-state index contributed by atoms with van der Waals surface area (Å²) in [7, 11) is 0. The van der Waals surface area contributed by atoms with E-state index in [4.69, 9.17) is 5.73 Å². The molecule has 0 radical (unpaired) electrons. The highest BCUT2D eigenvalue weighted by Gasteiger charge is 2.18. The van der Waals surface area contributed by atoms with E-state index in [1.165, 1.54) is 10.2 Å². The van der Waals surface area contributed by atoms with E-state index in [0.29, 0.717) is 11.6 Å². The average Bonchev–Trinajstić information content (AvgIpc) is 2.97. The summed E-state index contributed by atoms with van der Waals surface area (Å²) in [6, 6.07) is 17.0. The molecule has 0 spiro atoms. The van der Waals surface area contributed by atoms with Crippen molar-refractivity contribution in [1.29, 1.82) is 0 Å². The van der Waals surface area contributed by atoms with Crippen molar-refractivity contribution in [3.8, 4) is 5.69 Å². The highest BCUT2D eigenvalue weighted by molar-refractivity contribution is 6.05. The Hall–Kier alpha value is -3.15. The Morgan fingerprint density at radius 2 is 1.75 bits per heavy atom. The van der Waals surface area contributed by atoms with Gasteiger partial charge in [0, 0.05) is 5.69 Å². The summed E-state index contributed by atoms with van der Waals surface area (Å²) in [5, 5.41) is 10.7. The first kappa shape index (κ1) is 15.7. The molecule has 0 saturated heterocycles. The van der Waals surface area contributed by atoms with Crippen LogP contribution in [0.4, 0.5) is 11.5 Å². The maximum atomic E-state index is 12.3. The van der Waals surface area contributed by atoms with Gasteiger partial charge in [-0.25, -0.2) is 0 Å². The number of carbonyl (C=O) groups is 1. The van der Waals surface area contributed by atoms with Crippen LogP contribution in [0.2, 0.25) is 0 Å². The summed E-state index contributed by atoms with van der Waals surface area (Å²) in [6.45, 7) is 4.26. The first-order chi connectivity index (χ1) is 11.6. The second-order valence-corrected chi connectivity index (χ2v) is 5.80. The Morgan fingerprint density at radius 1 is 1.08 bits per heavy atom. The first-order valence-corrected chi connectivity index (χ1v) is 7.74. The van der Waals surface area contributed by atoms with E-state index in [1.807, 2.05) is 42.5 Å². The van der Waals surface area contributed by atoms with E-state index >= 15 is 0 Å². The van der Waals surface area contributed by atoms with Crippen LogP contribution in [0.15, 0.2) is 54.6 Å². The Morgan fingerprint density at radius 3 is 2.38 bits per heavy atom. The highest BCUT2D eigenvalue weighted by Crippen LogP contribution is 2.20. The monoisotopic (exact) mass is 321 g/mol. The van der Waals surface area contributed by atoms with E-state index in [1.54, 1.807) is 12.1 Å². The normalized spacial score (nSPS) is 10.8. The summed E-state index contributed by atoms with van der Waals surface area (Å²) < 4.78 is 1.46. The predicted octanol–water partition coefficient (Wildman–Crippen LogP) is 3.23. The number of nitrogens with one attached hydrogen (secondary N) is 1. The lowest BCUT2D eigenvalue weighted by atomic mass is 10.0. The molecular formula is C18H19N5O. The van der Waals surface area contributed by atoms with Crippen LogP contribution < -0.4 is 11.1 Å². The van der Waals surface area contributed by atoms with E-state index < -0.39 is 0 Å². The minimum Gasteiger partial charge on any atom is -0.382 e.